The minimum absolute atomic E-state index is 0.0579. The van der Waals surface area contributed by atoms with Gasteiger partial charge in [-0.25, -0.2) is 4.98 Å². The van der Waals surface area contributed by atoms with Crippen molar-refractivity contribution in [2.24, 2.45) is 5.73 Å². The fraction of sp³-hybridized carbons (Fsp3) is 0.727. The van der Waals surface area contributed by atoms with E-state index in [1.54, 1.807) is 4.57 Å². The number of aliphatic hydroxyl groups excluding tert-OH is 2. The van der Waals surface area contributed by atoms with Gasteiger partial charge in [0.15, 0.2) is 23.2 Å². The fourth-order valence-electron chi connectivity index (χ4n) is 4.60. The third-order valence-corrected chi connectivity index (χ3v) is 7.88. The number of nitrogens with zero attached hydrogens (tertiary/aromatic N) is 4. The minimum Gasteiger partial charge on any atom is -0.480 e. The number of hydrogen-bond acceptors (Lipinski definition) is 10. The number of imidazole rings is 1. The molecule has 3 heterocycles. The average molecular weight is 529 g/mol. The first-order chi connectivity index (χ1) is 16.8. The van der Waals surface area contributed by atoms with Crippen molar-refractivity contribution in [1.82, 2.24) is 19.5 Å². The summed E-state index contributed by atoms with van der Waals surface area (Å²) in [5.74, 6) is 0.375. The molecule has 6 N–H and O–H groups in total. The van der Waals surface area contributed by atoms with Crippen molar-refractivity contribution in [1.29, 1.82) is 0 Å². The van der Waals surface area contributed by atoms with Crippen LogP contribution in [0.2, 0.25) is 5.28 Å². The van der Waals surface area contributed by atoms with Crippen LogP contribution in [0.15, 0.2) is 6.33 Å². The molecule has 1 saturated carbocycles. The van der Waals surface area contributed by atoms with Crippen LogP contribution in [0.5, 0.6) is 0 Å². The van der Waals surface area contributed by atoms with E-state index in [0.717, 1.165) is 25.7 Å². The molecule has 11 nitrogen and oxygen atoms in total. The molecule has 4 rings (SSSR count). The molecule has 1 unspecified atom stereocenters. The van der Waals surface area contributed by atoms with Gasteiger partial charge in [-0.15, -0.1) is 0 Å². The number of hydrogen-bond donors (Lipinski definition) is 5. The summed E-state index contributed by atoms with van der Waals surface area (Å²) < 4.78 is 7.56. The van der Waals surface area contributed by atoms with Crippen molar-refractivity contribution in [3.05, 3.63) is 11.6 Å². The molecule has 2 aromatic rings. The molecule has 0 amide bonds. The number of ether oxygens (including phenoxy) is 1. The van der Waals surface area contributed by atoms with Gasteiger partial charge in [-0.05, 0) is 36.6 Å². The molecule has 5 atom stereocenters. The Kier molecular flexibility index (Phi) is 9.06. The van der Waals surface area contributed by atoms with Crippen molar-refractivity contribution in [3.63, 3.8) is 0 Å². The lowest BCUT2D eigenvalue weighted by Gasteiger charge is -2.22. The number of halogens is 1. The Labute approximate surface area is 212 Å². The topological polar surface area (TPSA) is 169 Å². The lowest BCUT2D eigenvalue weighted by atomic mass is 9.97. The molecule has 2 aliphatic rings. The van der Waals surface area contributed by atoms with Crippen molar-refractivity contribution in [2.45, 2.75) is 88.0 Å². The van der Waals surface area contributed by atoms with Gasteiger partial charge in [0.05, 0.1) is 12.4 Å². The van der Waals surface area contributed by atoms with E-state index in [4.69, 9.17) is 27.2 Å². The van der Waals surface area contributed by atoms with Gasteiger partial charge in [-0.1, -0.05) is 32.1 Å². The van der Waals surface area contributed by atoms with E-state index in [9.17, 15) is 15.0 Å². The molecule has 2 aromatic heterocycles. The highest BCUT2D eigenvalue weighted by Gasteiger charge is 2.44. The number of aromatic nitrogens is 4. The second-order valence-corrected chi connectivity index (χ2v) is 10.7. The normalized spacial score (nSPS) is 27.0. The zero-order chi connectivity index (χ0) is 24.9. The van der Waals surface area contributed by atoms with Crippen LogP contribution in [0.4, 0.5) is 5.82 Å². The fourth-order valence-corrected chi connectivity index (χ4v) is 5.86. The number of carboxylic acids is 1. The summed E-state index contributed by atoms with van der Waals surface area (Å²) in [6.45, 7) is 0. The van der Waals surface area contributed by atoms with E-state index in [0.29, 0.717) is 34.9 Å². The van der Waals surface area contributed by atoms with E-state index in [1.165, 1.54) is 37.4 Å². The predicted molar refractivity (Wildman–Crippen MR) is 134 cm³/mol. The Bertz CT molecular complexity index is 1000. The van der Waals surface area contributed by atoms with E-state index in [2.05, 4.69) is 20.3 Å². The lowest BCUT2D eigenvalue weighted by Crippen LogP contribution is -2.33. The Hall–Kier alpha value is -1.70. The predicted octanol–water partition coefficient (Wildman–Crippen LogP) is 2.16. The van der Waals surface area contributed by atoms with Crippen molar-refractivity contribution >= 4 is 46.3 Å². The summed E-state index contributed by atoms with van der Waals surface area (Å²) in [7, 11) is 0. The molecule has 0 bridgehead atoms. The van der Waals surface area contributed by atoms with E-state index in [-0.39, 0.29) is 11.3 Å². The van der Waals surface area contributed by atoms with Gasteiger partial charge >= 0.3 is 5.97 Å². The van der Waals surface area contributed by atoms with Crippen molar-refractivity contribution in [2.75, 3.05) is 16.8 Å². The Morgan fingerprint density at radius 2 is 1.94 bits per heavy atom. The number of rotatable bonds is 9. The summed E-state index contributed by atoms with van der Waals surface area (Å²) in [5.41, 5.74) is 6.47. The van der Waals surface area contributed by atoms with Gasteiger partial charge in [-0.2, -0.15) is 21.7 Å². The SMILES string of the molecule is NC(CCSC[C@H]1O[C@@H](n2cnc3c(NC4CCCCCCC4)nc(Cl)nc32)[C@H](O)[C@@H]1O)C(=O)O. The molecule has 1 aliphatic carbocycles. The number of aliphatic carboxylic acids is 1. The third-order valence-electron chi connectivity index (χ3n) is 6.62. The van der Waals surface area contributed by atoms with Crippen LogP contribution in [-0.4, -0.2) is 82.7 Å². The molecular weight excluding hydrogens is 496 g/mol. The standard InChI is InChI=1S/C22H33ClN6O5S/c23-22-27-18(26-12-6-4-2-1-3-5-7-12)15-19(28-22)29(11-25-15)20-17(31)16(30)14(34-20)10-35-9-8-13(24)21(32)33/h11-14,16-17,20,30-31H,1-10,24H2,(H,32,33)(H,26,27,28)/t13?,14-,16-,17-,20-/m1/s1. The Morgan fingerprint density at radius 3 is 2.66 bits per heavy atom. The van der Waals surface area contributed by atoms with E-state index >= 15 is 0 Å². The molecule has 13 heteroatoms. The molecule has 35 heavy (non-hydrogen) atoms. The zero-order valence-electron chi connectivity index (χ0n) is 19.4. The Morgan fingerprint density at radius 1 is 1.23 bits per heavy atom. The van der Waals surface area contributed by atoms with E-state index < -0.39 is 36.6 Å². The lowest BCUT2D eigenvalue weighted by molar-refractivity contribution is -0.138. The Balaban J connectivity index is 1.46. The quantitative estimate of drug-likeness (QED) is 0.239. The van der Waals surface area contributed by atoms with Crippen LogP contribution < -0.4 is 11.1 Å². The summed E-state index contributed by atoms with van der Waals surface area (Å²) in [6, 6.07) is -0.650. The number of nitrogens with two attached hydrogens (primary N) is 1. The van der Waals surface area contributed by atoms with Crippen LogP contribution in [0.25, 0.3) is 11.2 Å². The highest BCUT2D eigenvalue weighted by molar-refractivity contribution is 7.99. The maximum absolute atomic E-state index is 10.8. The largest absolute Gasteiger partial charge is 0.480 e. The van der Waals surface area contributed by atoms with Gasteiger partial charge in [0, 0.05) is 11.8 Å². The van der Waals surface area contributed by atoms with Gasteiger partial charge in [0.2, 0.25) is 5.28 Å². The molecular formula is C22H33ClN6O5S. The van der Waals surface area contributed by atoms with Crippen molar-refractivity contribution < 1.29 is 24.9 Å². The van der Waals surface area contributed by atoms with Crippen LogP contribution in [0.3, 0.4) is 0 Å². The number of fused-ring (bicyclic) bond motifs is 1. The zero-order valence-corrected chi connectivity index (χ0v) is 21.0. The van der Waals surface area contributed by atoms with Gasteiger partial charge in [0.25, 0.3) is 0 Å². The summed E-state index contributed by atoms with van der Waals surface area (Å²) in [4.78, 5) is 24.0. The molecule has 0 spiro atoms. The number of carboxylic acid groups (broad SMARTS) is 1. The summed E-state index contributed by atoms with van der Waals surface area (Å²) in [6.07, 6.45) is 6.12. The van der Waals surface area contributed by atoms with Gasteiger partial charge < -0.3 is 31.1 Å². The number of anilines is 1. The van der Waals surface area contributed by atoms with Gasteiger partial charge in [0.1, 0.15) is 18.2 Å². The van der Waals surface area contributed by atoms with Crippen LogP contribution in [-0.2, 0) is 9.53 Å². The van der Waals surface area contributed by atoms with Crippen LogP contribution >= 0.6 is 23.4 Å². The maximum Gasteiger partial charge on any atom is 0.320 e. The van der Waals surface area contributed by atoms with Crippen molar-refractivity contribution in [3.8, 4) is 0 Å². The first-order valence-electron chi connectivity index (χ1n) is 12.1. The number of aliphatic hydroxyl groups is 2. The minimum atomic E-state index is -1.20. The molecule has 1 saturated heterocycles. The molecule has 2 fully saturated rings. The molecule has 0 radical (unpaired) electrons. The van der Waals surface area contributed by atoms with E-state index in [1.807, 2.05) is 0 Å². The number of carbonyl (C=O) groups is 1. The first kappa shape index (κ1) is 26.4. The van der Waals surface area contributed by atoms with Crippen LogP contribution in [0.1, 0.15) is 57.6 Å². The molecule has 0 aromatic carbocycles. The highest BCUT2D eigenvalue weighted by atomic mass is 35.5. The molecule has 1 aliphatic heterocycles. The third kappa shape index (κ3) is 6.36. The number of thioether (sulfide) groups is 1. The maximum atomic E-state index is 10.8. The second kappa shape index (κ2) is 12.0. The molecule has 194 valence electrons. The first-order valence-corrected chi connectivity index (χ1v) is 13.6. The number of nitrogens with one attached hydrogen (secondary N) is 1. The summed E-state index contributed by atoms with van der Waals surface area (Å²) >= 11 is 7.66. The average Bonchev–Trinajstić information content (AvgIpc) is 3.34. The monoisotopic (exact) mass is 528 g/mol. The second-order valence-electron chi connectivity index (χ2n) is 9.21. The van der Waals surface area contributed by atoms with Gasteiger partial charge in [-0.3, -0.25) is 9.36 Å². The smallest absolute Gasteiger partial charge is 0.320 e. The highest BCUT2D eigenvalue weighted by Crippen LogP contribution is 2.34. The summed E-state index contributed by atoms with van der Waals surface area (Å²) in [5, 5.41) is 33.7. The van der Waals surface area contributed by atoms with Crippen LogP contribution in [0, 0.1) is 0 Å².